The molecule has 1 unspecified atom stereocenters. The SMILES string of the molecule is CCC(CCOC)n1cc(-c2ncnc3[nH]ccc23)cn1. The third kappa shape index (κ3) is 2.67. The second-order valence-corrected chi connectivity index (χ2v) is 5.01. The van der Waals surface area contributed by atoms with Gasteiger partial charge in [-0.25, -0.2) is 9.97 Å². The van der Waals surface area contributed by atoms with Crippen LogP contribution in [0.2, 0.25) is 0 Å². The molecule has 110 valence electrons. The number of nitrogens with one attached hydrogen (secondary N) is 1. The lowest BCUT2D eigenvalue weighted by Gasteiger charge is -2.14. The molecular weight excluding hydrogens is 266 g/mol. The van der Waals surface area contributed by atoms with Crippen molar-refractivity contribution in [2.45, 2.75) is 25.8 Å². The minimum Gasteiger partial charge on any atom is -0.385 e. The zero-order valence-corrected chi connectivity index (χ0v) is 12.3. The highest BCUT2D eigenvalue weighted by Crippen LogP contribution is 2.26. The van der Waals surface area contributed by atoms with Crippen LogP contribution in [0.5, 0.6) is 0 Å². The maximum atomic E-state index is 5.17. The Morgan fingerprint density at radius 2 is 2.29 bits per heavy atom. The van der Waals surface area contributed by atoms with Gasteiger partial charge in [-0.1, -0.05) is 6.92 Å². The first-order valence-corrected chi connectivity index (χ1v) is 7.15. The third-order valence-electron chi connectivity index (χ3n) is 3.73. The van der Waals surface area contributed by atoms with Crippen molar-refractivity contribution in [2.75, 3.05) is 13.7 Å². The van der Waals surface area contributed by atoms with Crippen molar-refractivity contribution in [3.05, 3.63) is 31.0 Å². The first kappa shape index (κ1) is 13.8. The highest BCUT2D eigenvalue weighted by Gasteiger charge is 2.13. The number of rotatable bonds is 6. The van der Waals surface area contributed by atoms with Gasteiger partial charge in [0, 0.05) is 37.1 Å². The van der Waals surface area contributed by atoms with Crippen LogP contribution in [0.3, 0.4) is 0 Å². The van der Waals surface area contributed by atoms with E-state index in [9.17, 15) is 0 Å². The van der Waals surface area contributed by atoms with E-state index < -0.39 is 0 Å². The summed E-state index contributed by atoms with van der Waals surface area (Å²) in [7, 11) is 1.73. The van der Waals surface area contributed by atoms with E-state index in [1.807, 2.05) is 23.1 Å². The van der Waals surface area contributed by atoms with Crippen LogP contribution < -0.4 is 0 Å². The smallest absolute Gasteiger partial charge is 0.141 e. The van der Waals surface area contributed by atoms with Crippen LogP contribution >= 0.6 is 0 Å². The molecule has 0 saturated heterocycles. The number of H-pyrrole nitrogens is 1. The molecule has 0 aromatic carbocycles. The highest BCUT2D eigenvalue weighted by atomic mass is 16.5. The number of nitrogens with zero attached hydrogens (tertiary/aromatic N) is 4. The van der Waals surface area contributed by atoms with Crippen LogP contribution in [-0.4, -0.2) is 38.4 Å². The predicted molar refractivity (Wildman–Crippen MR) is 80.9 cm³/mol. The van der Waals surface area contributed by atoms with Crippen LogP contribution in [0.15, 0.2) is 31.0 Å². The van der Waals surface area contributed by atoms with Crippen molar-refractivity contribution >= 4 is 11.0 Å². The van der Waals surface area contributed by atoms with E-state index in [0.29, 0.717) is 6.04 Å². The molecule has 6 nitrogen and oxygen atoms in total. The number of hydrogen-bond donors (Lipinski definition) is 1. The first-order chi connectivity index (χ1) is 10.3. The molecule has 6 heteroatoms. The molecule has 0 aliphatic heterocycles. The van der Waals surface area contributed by atoms with Crippen molar-refractivity contribution in [3.8, 4) is 11.3 Å². The molecule has 1 atom stereocenters. The van der Waals surface area contributed by atoms with Crippen molar-refractivity contribution in [3.63, 3.8) is 0 Å². The molecule has 21 heavy (non-hydrogen) atoms. The fraction of sp³-hybridized carbons (Fsp3) is 0.400. The maximum absolute atomic E-state index is 5.17. The Hall–Kier alpha value is -2.21. The Balaban J connectivity index is 1.92. The molecule has 0 saturated carbocycles. The Kier molecular flexibility index (Phi) is 3.96. The van der Waals surface area contributed by atoms with Gasteiger partial charge < -0.3 is 9.72 Å². The fourth-order valence-corrected chi connectivity index (χ4v) is 2.54. The highest BCUT2D eigenvalue weighted by molar-refractivity contribution is 5.89. The minimum absolute atomic E-state index is 0.349. The Bertz CT molecular complexity index is 718. The molecule has 0 fully saturated rings. The van der Waals surface area contributed by atoms with Gasteiger partial charge in [-0.3, -0.25) is 4.68 Å². The zero-order valence-electron chi connectivity index (χ0n) is 12.3. The summed E-state index contributed by atoms with van der Waals surface area (Å²) in [4.78, 5) is 11.7. The van der Waals surface area contributed by atoms with Crippen LogP contribution in [-0.2, 0) is 4.74 Å². The van der Waals surface area contributed by atoms with E-state index in [1.165, 1.54) is 0 Å². The van der Waals surface area contributed by atoms with Crippen LogP contribution in [0.1, 0.15) is 25.8 Å². The van der Waals surface area contributed by atoms with Gasteiger partial charge in [0.15, 0.2) is 0 Å². The fourth-order valence-electron chi connectivity index (χ4n) is 2.54. The van der Waals surface area contributed by atoms with Gasteiger partial charge in [-0.05, 0) is 18.9 Å². The van der Waals surface area contributed by atoms with Gasteiger partial charge in [0.05, 0.1) is 17.9 Å². The van der Waals surface area contributed by atoms with Crippen LogP contribution in [0.25, 0.3) is 22.3 Å². The summed E-state index contributed by atoms with van der Waals surface area (Å²) in [5.74, 6) is 0. The molecule has 3 aromatic rings. The topological polar surface area (TPSA) is 68.6 Å². The van der Waals surface area contributed by atoms with Crippen molar-refractivity contribution in [1.82, 2.24) is 24.7 Å². The average Bonchev–Trinajstić information content (AvgIpc) is 3.16. The Morgan fingerprint density at radius 1 is 1.38 bits per heavy atom. The number of methoxy groups -OCH3 is 1. The largest absolute Gasteiger partial charge is 0.385 e. The van der Waals surface area contributed by atoms with Crippen molar-refractivity contribution in [1.29, 1.82) is 0 Å². The number of ether oxygens (including phenoxy) is 1. The minimum atomic E-state index is 0.349. The molecule has 3 rings (SSSR count). The molecule has 0 radical (unpaired) electrons. The first-order valence-electron chi connectivity index (χ1n) is 7.15. The summed E-state index contributed by atoms with van der Waals surface area (Å²) in [6.07, 6.45) is 9.35. The third-order valence-corrected chi connectivity index (χ3v) is 3.73. The van der Waals surface area contributed by atoms with Crippen molar-refractivity contribution < 1.29 is 4.74 Å². The molecule has 0 spiro atoms. The Labute approximate surface area is 123 Å². The van der Waals surface area contributed by atoms with Crippen molar-refractivity contribution in [2.24, 2.45) is 0 Å². The molecule has 0 bridgehead atoms. The lowest BCUT2D eigenvalue weighted by molar-refractivity contribution is 0.174. The van der Waals surface area contributed by atoms with Gasteiger partial charge in [-0.15, -0.1) is 0 Å². The van der Waals surface area contributed by atoms with Gasteiger partial charge in [0.25, 0.3) is 0 Å². The molecule has 3 aromatic heterocycles. The average molecular weight is 285 g/mol. The van der Waals surface area contributed by atoms with Gasteiger partial charge in [0.2, 0.25) is 0 Å². The number of hydrogen-bond acceptors (Lipinski definition) is 4. The summed E-state index contributed by atoms with van der Waals surface area (Å²) < 4.78 is 7.18. The monoisotopic (exact) mass is 285 g/mol. The van der Waals surface area contributed by atoms with Crippen LogP contribution in [0, 0.1) is 0 Å². The summed E-state index contributed by atoms with van der Waals surface area (Å²) >= 11 is 0. The molecule has 1 N–H and O–H groups in total. The molecule has 0 aliphatic carbocycles. The molecule has 0 aliphatic rings. The summed E-state index contributed by atoms with van der Waals surface area (Å²) in [6, 6.07) is 2.34. The molecule has 3 heterocycles. The summed E-state index contributed by atoms with van der Waals surface area (Å²) in [5, 5.41) is 5.51. The number of aromatic nitrogens is 5. The maximum Gasteiger partial charge on any atom is 0.141 e. The molecular formula is C15H19N5O. The van der Waals surface area contributed by atoms with Gasteiger partial charge in [-0.2, -0.15) is 5.10 Å². The quantitative estimate of drug-likeness (QED) is 0.756. The summed E-state index contributed by atoms with van der Waals surface area (Å²) in [6.45, 7) is 2.90. The number of fused-ring (bicyclic) bond motifs is 1. The van der Waals surface area contributed by atoms with E-state index in [0.717, 1.165) is 41.7 Å². The van der Waals surface area contributed by atoms with Gasteiger partial charge in [0.1, 0.15) is 12.0 Å². The van der Waals surface area contributed by atoms with E-state index in [-0.39, 0.29) is 0 Å². The predicted octanol–water partition coefficient (Wildman–Crippen LogP) is 2.81. The van der Waals surface area contributed by atoms with E-state index in [4.69, 9.17) is 4.74 Å². The van der Waals surface area contributed by atoms with E-state index in [2.05, 4.69) is 33.2 Å². The van der Waals surface area contributed by atoms with E-state index >= 15 is 0 Å². The van der Waals surface area contributed by atoms with Crippen LogP contribution in [0.4, 0.5) is 0 Å². The lowest BCUT2D eigenvalue weighted by Crippen LogP contribution is -2.10. The standard InChI is InChI=1S/C15H19N5O/c1-3-12(5-7-21-2)20-9-11(8-19-20)14-13-4-6-16-15(13)18-10-17-14/h4,6,8-10,12H,3,5,7H2,1-2H3,(H,16,17,18). The number of aromatic amines is 1. The molecule has 0 amide bonds. The zero-order chi connectivity index (χ0) is 14.7. The van der Waals surface area contributed by atoms with Gasteiger partial charge >= 0.3 is 0 Å². The summed E-state index contributed by atoms with van der Waals surface area (Å²) in [5.41, 5.74) is 2.77. The second kappa shape index (κ2) is 6.05. The second-order valence-electron chi connectivity index (χ2n) is 5.01. The van der Waals surface area contributed by atoms with E-state index in [1.54, 1.807) is 13.4 Å². The normalized spacial score (nSPS) is 12.9. The lowest BCUT2D eigenvalue weighted by atomic mass is 10.1. The Morgan fingerprint density at radius 3 is 3.10 bits per heavy atom.